The van der Waals surface area contributed by atoms with E-state index in [0.29, 0.717) is 0 Å². The van der Waals surface area contributed by atoms with Crippen LogP contribution in [0.2, 0.25) is 0 Å². The summed E-state index contributed by atoms with van der Waals surface area (Å²) < 4.78 is 4.57. The van der Waals surface area contributed by atoms with Crippen molar-refractivity contribution < 1.29 is 0 Å². The molecule has 0 aliphatic carbocycles. The highest BCUT2D eigenvalue weighted by Crippen LogP contribution is 2.31. The van der Waals surface area contributed by atoms with E-state index in [-0.39, 0.29) is 0 Å². The second kappa shape index (κ2) is 20.4. The maximum Gasteiger partial charge on any atom is 0.0518 e. The molecule has 0 aliphatic heterocycles. The zero-order chi connectivity index (χ0) is 34.1. The van der Waals surface area contributed by atoms with E-state index in [4.69, 9.17) is 0 Å². The van der Waals surface area contributed by atoms with Gasteiger partial charge in [0.05, 0.1) is 5.52 Å². The molecule has 2 heterocycles. The van der Waals surface area contributed by atoms with Crippen LogP contribution >= 0.6 is 0 Å². The van der Waals surface area contributed by atoms with Crippen LogP contribution in [-0.2, 0) is 14.1 Å². The second-order valence-corrected chi connectivity index (χ2v) is 10.5. The normalized spacial score (nSPS) is 9.68. The fourth-order valence-corrected chi connectivity index (χ4v) is 5.03. The van der Waals surface area contributed by atoms with Crippen molar-refractivity contribution >= 4 is 43.6 Å². The molecule has 6 rings (SSSR count). The van der Waals surface area contributed by atoms with Gasteiger partial charge in [0, 0.05) is 52.2 Å². The van der Waals surface area contributed by atoms with Gasteiger partial charge in [-0.25, -0.2) is 0 Å². The van der Waals surface area contributed by atoms with Gasteiger partial charge in [0.1, 0.15) is 0 Å². The van der Waals surface area contributed by atoms with Gasteiger partial charge in [-0.2, -0.15) is 0 Å². The van der Waals surface area contributed by atoms with E-state index >= 15 is 0 Å². The molecule has 44 heavy (non-hydrogen) atoms. The Bertz CT molecular complexity index is 1680. The van der Waals surface area contributed by atoms with Gasteiger partial charge in [0.25, 0.3) is 0 Å². The van der Waals surface area contributed by atoms with Crippen molar-refractivity contribution in [1.82, 2.24) is 14.0 Å². The Balaban J connectivity index is 0.000000626. The van der Waals surface area contributed by atoms with Crippen molar-refractivity contribution in [3.8, 4) is 0 Å². The number of rotatable bonds is 0. The lowest BCUT2D eigenvalue weighted by Gasteiger charge is -2.00. The summed E-state index contributed by atoms with van der Waals surface area (Å²) in [7, 11) is 10.3. The van der Waals surface area contributed by atoms with Crippen LogP contribution in [0, 0.1) is 27.7 Å². The van der Waals surface area contributed by atoms with Gasteiger partial charge in [-0.1, -0.05) is 109 Å². The summed E-state index contributed by atoms with van der Waals surface area (Å²) in [5.41, 5.74) is 10.6. The van der Waals surface area contributed by atoms with Gasteiger partial charge in [-0.15, -0.1) is 0 Å². The van der Waals surface area contributed by atoms with Crippen molar-refractivity contribution in [1.29, 1.82) is 0 Å². The number of benzene rings is 4. The van der Waals surface area contributed by atoms with Crippen LogP contribution in [0.3, 0.4) is 0 Å². The number of aryl methyl sites for hydroxylation is 6. The molecule has 0 atom stereocenters. The van der Waals surface area contributed by atoms with Gasteiger partial charge < -0.3 is 14.0 Å². The van der Waals surface area contributed by atoms with Crippen LogP contribution in [0.1, 0.15) is 77.6 Å². The molecule has 3 nitrogen and oxygen atoms in total. The first-order valence-corrected chi connectivity index (χ1v) is 16.6. The van der Waals surface area contributed by atoms with Crippen LogP contribution in [0.15, 0.2) is 72.8 Å². The molecule has 3 heteroatoms. The predicted molar refractivity (Wildman–Crippen MR) is 205 cm³/mol. The maximum absolute atomic E-state index is 2.29. The summed E-state index contributed by atoms with van der Waals surface area (Å²) in [6, 6.07) is 26.5. The molecule has 0 radical (unpaired) electrons. The molecule has 0 N–H and O–H groups in total. The van der Waals surface area contributed by atoms with Crippen LogP contribution in [0.4, 0.5) is 0 Å². The zero-order valence-electron chi connectivity index (χ0n) is 31.3. The third-order valence-corrected chi connectivity index (χ3v) is 6.69. The molecule has 0 saturated carbocycles. The zero-order valence-corrected chi connectivity index (χ0v) is 31.3. The Hall–Kier alpha value is -3.56. The number of nitrogens with zero attached hydrogens (tertiary/aromatic N) is 3. The van der Waals surface area contributed by atoms with Crippen molar-refractivity contribution in [2.75, 3.05) is 21.1 Å². The molecule has 0 aliphatic rings. The first-order valence-electron chi connectivity index (χ1n) is 16.6. The molecule has 0 amide bonds. The molecule has 0 unspecified atom stereocenters. The first-order chi connectivity index (χ1) is 21.1. The monoisotopic (exact) mass is 598 g/mol. The smallest absolute Gasteiger partial charge is 0.0518 e. The highest BCUT2D eigenvalue weighted by Gasteiger charge is 2.09. The number of fused-ring (bicyclic) bond motifs is 6. The van der Waals surface area contributed by atoms with Crippen molar-refractivity contribution in [3.05, 3.63) is 95.1 Å². The van der Waals surface area contributed by atoms with Crippen molar-refractivity contribution in [2.45, 2.75) is 83.1 Å². The SMILES string of the molecule is CC.CC.CC.CC.CN(C)C.Cc1ccc2c(c1)c1ccc(C)cc1n2C.Cc1ccc2c(c1)c1cccc(C)c1n2C. The number of para-hydroxylation sites is 1. The highest BCUT2D eigenvalue weighted by atomic mass is 15.0. The van der Waals surface area contributed by atoms with E-state index in [1.54, 1.807) is 0 Å². The third-order valence-electron chi connectivity index (χ3n) is 6.69. The molecule has 0 saturated heterocycles. The Labute approximate surface area is 270 Å². The molecule has 0 spiro atoms. The summed E-state index contributed by atoms with van der Waals surface area (Å²) in [4.78, 5) is 2.00. The Morgan fingerprint density at radius 1 is 0.432 bits per heavy atom. The molecule has 2 aromatic heterocycles. The van der Waals surface area contributed by atoms with Gasteiger partial charge in [0.2, 0.25) is 0 Å². The van der Waals surface area contributed by atoms with Gasteiger partial charge >= 0.3 is 0 Å². The van der Waals surface area contributed by atoms with Crippen LogP contribution in [0.5, 0.6) is 0 Å². The number of hydrogen-bond acceptors (Lipinski definition) is 1. The summed E-state index contributed by atoms with van der Waals surface area (Å²) in [6.45, 7) is 24.6. The molecular formula is C41H63N3. The second-order valence-electron chi connectivity index (χ2n) is 10.5. The fourth-order valence-electron chi connectivity index (χ4n) is 5.03. The predicted octanol–water partition coefficient (Wildman–Crippen LogP) is 12.2. The van der Waals surface area contributed by atoms with Crippen LogP contribution in [0.25, 0.3) is 43.6 Å². The van der Waals surface area contributed by atoms with E-state index in [9.17, 15) is 0 Å². The number of hydrogen-bond donors (Lipinski definition) is 0. The average molecular weight is 598 g/mol. The summed E-state index contributed by atoms with van der Waals surface area (Å²) in [6.07, 6.45) is 0. The number of aromatic nitrogens is 2. The minimum absolute atomic E-state index is 1.31. The summed E-state index contributed by atoms with van der Waals surface area (Å²) in [5.74, 6) is 0. The molecule has 6 aromatic rings. The average Bonchev–Trinajstić information content (AvgIpc) is 3.47. The summed E-state index contributed by atoms with van der Waals surface area (Å²) in [5, 5.41) is 5.44. The fraction of sp³-hybridized carbons (Fsp3) is 0.415. The van der Waals surface area contributed by atoms with Crippen LogP contribution in [-0.4, -0.2) is 35.2 Å². The van der Waals surface area contributed by atoms with E-state index < -0.39 is 0 Å². The van der Waals surface area contributed by atoms with E-state index in [2.05, 4.69) is 124 Å². The lowest BCUT2D eigenvalue weighted by molar-refractivity contribution is 0.505. The highest BCUT2D eigenvalue weighted by molar-refractivity contribution is 6.09. The molecular weight excluding hydrogens is 534 g/mol. The quantitative estimate of drug-likeness (QED) is 0.170. The maximum atomic E-state index is 2.29. The molecule has 0 bridgehead atoms. The third kappa shape index (κ3) is 9.99. The summed E-state index contributed by atoms with van der Waals surface area (Å²) >= 11 is 0. The van der Waals surface area contributed by atoms with Crippen molar-refractivity contribution in [3.63, 3.8) is 0 Å². The largest absolute Gasteiger partial charge is 0.344 e. The standard InChI is InChI=1S/2C15H15N.C3H9N.4C2H6/c1-10-5-7-14-13(8-10)12-6-4-11(2)9-15(12)16(14)3;1-10-7-8-14-13(9-10)12-6-4-5-11(2)15(12)16(14)3;1-4(2)3;4*1-2/h2*4-9H,1-3H3;1-3H3;4*1-2H3. The Kier molecular flexibility index (Phi) is 18.8. The van der Waals surface area contributed by atoms with Gasteiger partial charge in [-0.3, -0.25) is 0 Å². The Morgan fingerprint density at radius 2 is 0.841 bits per heavy atom. The van der Waals surface area contributed by atoms with Crippen LogP contribution < -0.4 is 0 Å². The topological polar surface area (TPSA) is 13.1 Å². The molecule has 0 fully saturated rings. The Morgan fingerprint density at radius 3 is 1.34 bits per heavy atom. The first kappa shape index (κ1) is 40.4. The lowest BCUT2D eigenvalue weighted by atomic mass is 10.1. The van der Waals surface area contributed by atoms with Gasteiger partial charge in [0.15, 0.2) is 0 Å². The van der Waals surface area contributed by atoms with E-state index in [0.717, 1.165) is 0 Å². The van der Waals surface area contributed by atoms with Gasteiger partial charge in [-0.05, 0) is 90.3 Å². The van der Waals surface area contributed by atoms with E-state index in [1.807, 2.05) is 81.4 Å². The molecule has 242 valence electrons. The molecule has 4 aromatic carbocycles. The minimum Gasteiger partial charge on any atom is -0.344 e. The minimum atomic E-state index is 1.31. The van der Waals surface area contributed by atoms with Crippen molar-refractivity contribution in [2.24, 2.45) is 14.1 Å². The lowest BCUT2D eigenvalue weighted by Crippen LogP contribution is -1.99. The van der Waals surface area contributed by atoms with E-state index in [1.165, 1.54) is 65.9 Å².